The van der Waals surface area contributed by atoms with Crippen molar-refractivity contribution in [2.45, 2.75) is 26.2 Å². The molecule has 1 saturated heterocycles. The molecule has 2 amide bonds. The van der Waals surface area contributed by atoms with Crippen LogP contribution in [-0.4, -0.2) is 31.8 Å². The molecule has 1 aliphatic heterocycles. The van der Waals surface area contributed by atoms with Gasteiger partial charge < -0.3 is 10.1 Å². The summed E-state index contributed by atoms with van der Waals surface area (Å²) >= 11 is 5.98. The summed E-state index contributed by atoms with van der Waals surface area (Å²) in [4.78, 5) is 34.2. The lowest BCUT2D eigenvalue weighted by Crippen LogP contribution is -2.16. The lowest BCUT2D eigenvalue weighted by molar-refractivity contribution is -0.131. The number of aryl methyl sites for hydroxylation is 1. The second-order valence-corrected chi connectivity index (χ2v) is 5.51. The van der Waals surface area contributed by atoms with Gasteiger partial charge in [0, 0.05) is 18.5 Å². The van der Waals surface area contributed by atoms with Crippen molar-refractivity contribution in [3.8, 4) is 6.07 Å². The third-order valence-corrected chi connectivity index (χ3v) is 4.35. The maximum atomic E-state index is 10.7. The van der Waals surface area contributed by atoms with E-state index in [2.05, 4.69) is 37.1 Å². The van der Waals surface area contributed by atoms with Gasteiger partial charge in [-0.1, -0.05) is 6.92 Å². The zero-order chi connectivity index (χ0) is 16.2. The monoisotopic (exact) mass is 419 g/mol. The molecule has 112 valence electrons. The van der Waals surface area contributed by atoms with Gasteiger partial charge >= 0.3 is 5.97 Å². The number of hydrogen-bond donors (Lipinski definition) is 2. The molecule has 0 bridgehead atoms. The van der Waals surface area contributed by atoms with Crippen LogP contribution in [-0.2, 0) is 16.0 Å². The van der Waals surface area contributed by atoms with Gasteiger partial charge in [-0.15, -0.1) is 0 Å². The third-order valence-electron chi connectivity index (χ3n) is 2.68. The molecular weight excluding hydrogens is 410 g/mol. The van der Waals surface area contributed by atoms with Crippen LogP contribution in [0.1, 0.15) is 41.5 Å². The smallest absolute Gasteiger partial charge is 0.353 e. The second-order valence-electron chi connectivity index (χ2n) is 4.01. The lowest BCUT2D eigenvalue weighted by Gasteiger charge is -1.97. The molecule has 1 aromatic rings. The number of carboxylic acids is 1. The average molecular weight is 421 g/mol. The fraction of sp³-hybridized carbons (Fsp3) is 0.333. The number of carbonyl (C=O) groups excluding carboxylic acids is 2. The summed E-state index contributed by atoms with van der Waals surface area (Å²) in [6.45, 7) is 1.88. The number of hydrogen-bond acceptors (Lipinski definition) is 4. The Bertz CT molecular complexity index is 617. The van der Waals surface area contributed by atoms with Crippen molar-refractivity contribution >= 4 is 49.9 Å². The molecule has 0 aromatic carbocycles. The number of imide groups is 1. The number of aromatic nitrogens is 1. The first-order valence-corrected chi connectivity index (χ1v) is 7.38. The molecular formula is C12H11Br2N3O4. The van der Waals surface area contributed by atoms with E-state index in [9.17, 15) is 14.4 Å². The quantitative estimate of drug-likeness (QED) is 0.562. The zero-order valence-electron chi connectivity index (χ0n) is 10.9. The summed E-state index contributed by atoms with van der Waals surface area (Å²) in [5.41, 5.74) is 0.838. The van der Waals surface area contributed by atoms with E-state index in [0.29, 0.717) is 23.7 Å². The highest BCUT2D eigenvalue weighted by Crippen LogP contribution is 2.24. The molecule has 0 aliphatic carbocycles. The van der Waals surface area contributed by atoms with Crippen LogP contribution in [0.3, 0.4) is 0 Å². The van der Waals surface area contributed by atoms with Gasteiger partial charge in [-0.05, 0) is 22.4 Å². The maximum absolute atomic E-state index is 10.7. The summed E-state index contributed by atoms with van der Waals surface area (Å²) in [5.74, 6) is -1.40. The van der Waals surface area contributed by atoms with E-state index in [4.69, 9.17) is 10.4 Å². The molecule has 0 spiro atoms. The van der Waals surface area contributed by atoms with Crippen molar-refractivity contribution in [3.05, 3.63) is 21.4 Å². The van der Waals surface area contributed by atoms with Crippen LogP contribution in [0.25, 0.3) is 0 Å². The molecule has 21 heavy (non-hydrogen) atoms. The van der Waals surface area contributed by atoms with E-state index in [0.717, 1.165) is 9.62 Å². The minimum atomic E-state index is -1.11. The second kappa shape index (κ2) is 7.38. The SMILES string of the molecule is CCc1[nH]c(C(=O)O)c(C#N)c1Br.O=C1CCC(=O)N1Br. The van der Waals surface area contributed by atoms with Crippen molar-refractivity contribution < 1.29 is 19.5 Å². The first kappa shape index (κ1) is 17.4. The standard InChI is InChI=1S/C8H7BrN2O2.C4H4BrNO2/c1-2-5-6(9)4(3-10)7(11-5)8(12)13;5-6-3(7)1-2-4(6)8/h11H,2H2,1H3,(H,12,13);1-2H2. The van der Waals surface area contributed by atoms with Crippen molar-refractivity contribution in [3.63, 3.8) is 0 Å². The van der Waals surface area contributed by atoms with Crippen LogP contribution in [0.2, 0.25) is 0 Å². The molecule has 2 heterocycles. The Hall–Kier alpha value is -1.66. The van der Waals surface area contributed by atoms with Crippen molar-refractivity contribution in [2.75, 3.05) is 0 Å². The molecule has 1 aliphatic rings. The number of nitrogens with one attached hydrogen (secondary N) is 1. The van der Waals surface area contributed by atoms with Gasteiger partial charge in [-0.25, -0.2) is 8.72 Å². The van der Waals surface area contributed by atoms with Crippen molar-refractivity contribution in [1.29, 1.82) is 5.26 Å². The average Bonchev–Trinajstić information content (AvgIpc) is 2.93. The first-order valence-electron chi connectivity index (χ1n) is 5.88. The van der Waals surface area contributed by atoms with E-state index < -0.39 is 5.97 Å². The van der Waals surface area contributed by atoms with Crippen LogP contribution in [0.15, 0.2) is 4.47 Å². The van der Waals surface area contributed by atoms with Gasteiger partial charge in [0.05, 0.1) is 26.2 Å². The van der Waals surface area contributed by atoms with Gasteiger partial charge in [0.1, 0.15) is 11.8 Å². The number of nitrogens with zero attached hydrogens (tertiary/aromatic N) is 2. The highest BCUT2D eigenvalue weighted by molar-refractivity contribution is 9.10. The summed E-state index contributed by atoms with van der Waals surface area (Å²) in [7, 11) is 0. The predicted octanol–water partition coefficient (Wildman–Crippen LogP) is 2.35. The lowest BCUT2D eigenvalue weighted by atomic mass is 10.2. The van der Waals surface area contributed by atoms with Gasteiger partial charge in [0.25, 0.3) is 0 Å². The highest BCUT2D eigenvalue weighted by Gasteiger charge is 2.26. The van der Waals surface area contributed by atoms with Gasteiger partial charge in [-0.3, -0.25) is 9.59 Å². The Balaban J connectivity index is 0.000000235. The van der Waals surface area contributed by atoms with Crippen LogP contribution in [0, 0.1) is 11.3 Å². The van der Waals surface area contributed by atoms with E-state index in [1.807, 2.05) is 13.0 Å². The number of carbonyl (C=O) groups is 3. The molecule has 2 rings (SSSR count). The molecule has 1 fully saturated rings. The number of amides is 2. The number of aromatic amines is 1. The normalized spacial score (nSPS) is 13.7. The Kier molecular flexibility index (Phi) is 6.11. The van der Waals surface area contributed by atoms with Crippen molar-refractivity contribution in [2.24, 2.45) is 0 Å². The highest BCUT2D eigenvalue weighted by atomic mass is 79.9. The summed E-state index contributed by atoms with van der Waals surface area (Å²) < 4.78 is 1.53. The maximum Gasteiger partial charge on any atom is 0.353 e. The van der Waals surface area contributed by atoms with Gasteiger partial charge in [0.15, 0.2) is 0 Å². The molecule has 9 heteroatoms. The van der Waals surface area contributed by atoms with Crippen LogP contribution in [0.5, 0.6) is 0 Å². The number of rotatable bonds is 2. The molecule has 7 nitrogen and oxygen atoms in total. The van der Waals surface area contributed by atoms with E-state index in [1.165, 1.54) is 0 Å². The minimum Gasteiger partial charge on any atom is -0.477 e. The zero-order valence-corrected chi connectivity index (χ0v) is 14.1. The Morgan fingerprint density at radius 2 is 1.95 bits per heavy atom. The fourth-order valence-electron chi connectivity index (χ4n) is 1.59. The Labute approximate surface area is 137 Å². The Morgan fingerprint density at radius 1 is 1.43 bits per heavy atom. The van der Waals surface area contributed by atoms with Gasteiger partial charge in [0.2, 0.25) is 11.8 Å². The molecule has 0 radical (unpaired) electrons. The summed E-state index contributed by atoms with van der Waals surface area (Å²) in [5, 5.41) is 17.4. The fourth-order valence-corrected chi connectivity index (χ4v) is 2.61. The summed E-state index contributed by atoms with van der Waals surface area (Å²) in [6.07, 6.45) is 1.36. The molecule has 0 unspecified atom stereocenters. The minimum absolute atomic E-state index is 0.0498. The largest absolute Gasteiger partial charge is 0.477 e. The number of H-pyrrole nitrogens is 1. The predicted molar refractivity (Wildman–Crippen MR) is 79.6 cm³/mol. The molecule has 0 saturated carbocycles. The summed E-state index contributed by atoms with van der Waals surface area (Å²) in [6, 6.07) is 1.84. The topological polar surface area (TPSA) is 114 Å². The van der Waals surface area contributed by atoms with Crippen molar-refractivity contribution in [1.82, 2.24) is 8.91 Å². The van der Waals surface area contributed by atoms with E-state index >= 15 is 0 Å². The Morgan fingerprint density at radius 3 is 2.19 bits per heavy atom. The number of halogens is 2. The number of nitriles is 1. The van der Waals surface area contributed by atoms with Crippen LogP contribution >= 0.6 is 32.1 Å². The molecule has 1 aromatic heterocycles. The van der Waals surface area contributed by atoms with E-state index in [1.54, 1.807) is 0 Å². The number of aromatic carboxylic acids is 1. The van der Waals surface area contributed by atoms with Crippen LogP contribution in [0.4, 0.5) is 0 Å². The molecule has 0 atom stereocenters. The van der Waals surface area contributed by atoms with Crippen LogP contribution < -0.4 is 0 Å². The third kappa shape index (κ3) is 3.92. The number of carboxylic acid groups (broad SMARTS) is 1. The first-order chi connectivity index (χ1) is 9.83. The van der Waals surface area contributed by atoms with E-state index in [-0.39, 0.29) is 23.1 Å². The van der Waals surface area contributed by atoms with Gasteiger partial charge in [-0.2, -0.15) is 5.26 Å². The molecule has 2 N–H and O–H groups in total.